The van der Waals surface area contributed by atoms with Crippen LogP contribution in [0.15, 0.2) is 58.5 Å². The largest absolute Gasteiger partial charge is 0.497 e. The zero-order valence-electron chi connectivity index (χ0n) is 19.7. The van der Waals surface area contributed by atoms with E-state index in [0.29, 0.717) is 47.3 Å². The highest BCUT2D eigenvalue weighted by molar-refractivity contribution is 7.99. The fraction of sp³-hybridized carbons (Fsp3) is 0.400. The summed E-state index contributed by atoms with van der Waals surface area (Å²) in [4.78, 5) is 33.1. The molecular weight excluding hydrogens is 452 g/mol. The number of benzene rings is 2. The summed E-state index contributed by atoms with van der Waals surface area (Å²) in [6.45, 7) is 7.90. The zero-order valence-corrected chi connectivity index (χ0v) is 20.6. The second-order valence-corrected chi connectivity index (χ2v) is 9.67. The van der Waals surface area contributed by atoms with Crippen LogP contribution in [0.1, 0.15) is 13.8 Å². The molecule has 0 saturated carbocycles. The van der Waals surface area contributed by atoms with Crippen LogP contribution in [0, 0.1) is 0 Å². The van der Waals surface area contributed by atoms with E-state index in [9.17, 15) is 9.59 Å². The number of carbonyl (C=O) groups is 1. The fourth-order valence-electron chi connectivity index (χ4n) is 3.96. The van der Waals surface area contributed by atoms with Crippen LogP contribution in [-0.4, -0.2) is 71.6 Å². The predicted molar refractivity (Wildman–Crippen MR) is 134 cm³/mol. The maximum Gasteiger partial charge on any atom is 0.266 e. The minimum atomic E-state index is -0.185. The number of hydrogen-bond donors (Lipinski definition) is 1. The average molecular weight is 483 g/mol. The van der Waals surface area contributed by atoms with Crippen molar-refractivity contribution in [3.63, 3.8) is 0 Å². The summed E-state index contributed by atoms with van der Waals surface area (Å²) in [6, 6.07) is 14.5. The Hall–Kier alpha value is -2.88. The fourth-order valence-corrected chi connectivity index (χ4v) is 4.81. The smallest absolute Gasteiger partial charge is 0.266 e. The third kappa shape index (κ3) is 5.43. The van der Waals surface area contributed by atoms with E-state index in [-0.39, 0.29) is 22.8 Å². The van der Waals surface area contributed by atoms with Gasteiger partial charge >= 0.3 is 0 Å². The highest BCUT2D eigenvalue weighted by Gasteiger charge is 2.28. The Labute approximate surface area is 203 Å². The lowest BCUT2D eigenvalue weighted by Gasteiger charge is -2.40. The van der Waals surface area contributed by atoms with E-state index < -0.39 is 0 Å². The first-order chi connectivity index (χ1) is 16.4. The van der Waals surface area contributed by atoms with Crippen LogP contribution in [0.3, 0.4) is 0 Å². The van der Waals surface area contributed by atoms with Crippen molar-refractivity contribution in [2.75, 3.05) is 45.7 Å². The second-order valence-electron chi connectivity index (χ2n) is 8.73. The molecule has 1 amide bonds. The van der Waals surface area contributed by atoms with Gasteiger partial charge in [0.05, 0.1) is 42.7 Å². The Morgan fingerprint density at radius 1 is 1.18 bits per heavy atom. The molecule has 1 aliphatic heterocycles. The first-order valence-electron chi connectivity index (χ1n) is 11.3. The van der Waals surface area contributed by atoms with E-state index in [1.807, 2.05) is 36.4 Å². The summed E-state index contributed by atoms with van der Waals surface area (Å²) in [5.41, 5.74) is 0.880. The van der Waals surface area contributed by atoms with E-state index >= 15 is 0 Å². The molecule has 0 radical (unpaired) electrons. The molecule has 4 rings (SSSR count). The molecule has 1 aliphatic rings. The van der Waals surface area contributed by atoms with Crippen LogP contribution in [0.5, 0.6) is 5.75 Å². The highest BCUT2D eigenvalue weighted by Crippen LogP contribution is 2.23. The Morgan fingerprint density at radius 3 is 2.71 bits per heavy atom. The standard InChI is InChI=1S/C25H30N4O4S/c1-25(2,28-11-13-33-14-12-28)17-26-22(30)16-34-24-27-21-10-5-4-9-20(21)23(31)29(24)18-7-6-8-19(15-18)32-3/h4-10,15H,11-14,16-17H2,1-3H3,(H,26,30). The number of fused-ring (bicyclic) bond motifs is 1. The lowest BCUT2D eigenvalue weighted by molar-refractivity contribution is -0.119. The van der Waals surface area contributed by atoms with Gasteiger partial charge in [-0.05, 0) is 38.1 Å². The molecule has 0 atom stereocenters. The van der Waals surface area contributed by atoms with Crippen LogP contribution < -0.4 is 15.6 Å². The van der Waals surface area contributed by atoms with Gasteiger partial charge < -0.3 is 14.8 Å². The lowest BCUT2D eigenvalue weighted by atomic mass is 10.0. The number of rotatable bonds is 8. The van der Waals surface area contributed by atoms with Crippen molar-refractivity contribution in [2.45, 2.75) is 24.5 Å². The molecule has 0 unspecified atom stereocenters. The first kappa shape index (κ1) is 24.3. The SMILES string of the molecule is COc1cccc(-n2c(SCC(=O)NCC(C)(C)N3CCOCC3)nc3ccccc3c2=O)c1. The van der Waals surface area contributed by atoms with Gasteiger partial charge in [0, 0.05) is 31.2 Å². The molecule has 3 aromatic rings. The van der Waals surface area contributed by atoms with Gasteiger partial charge in [0.1, 0.15) is 5.75 Å². The van der Waals surface area contributed by atoms with Gasteiger partial charge in [-0.15, -0.1) is 0 Å². The van der Waals surface area contributed by atoms with Crippen molar-refractivity contribution < 1.29 is 14.3 Å². The van der Waals surface area contributed by atoms with Crippen molar-refractivity contribution in [2.24, 2.45) is 0 Å². The molecular formula is C25H30N4O4S. The number of morpholine rings is 1. The number of nitrogens with zero attached hydrogens (tertiary/aromatic N) is 3. The molecule has 1 N–H and O–H groups in total. The highest BCUT2D eigenvalue weighted by atomic mass is 32.2. The molecule has 0 spiro atoms. The third-order valence-electron chi connectivity index (χ3n) is 5.97. The summed E-state index contributed by atoms with van der Waals surface area (Å²) in [5, 5.41) is 4.02. The van der Waals surface area contributed by atoms with E-state index in [0.717, 1.165) is 13.1 Å². The molecule has 2 heterocycles. The molecule has 0 aliphatic carbocycles. The van der Waals surface area contributed by atoms with Crippen molar-refractivity contribution in [1.29, 1.82) is 0 Å². The molecule has 2 aromatic carbocycles. The number of aromatic nitrogens is 2. The molecule has 1 saturated heterocycles. The molecule has 1 aromatic heterocycles. The summed E-state index contributed by atoms with van der Waals surface area (Å²) in [6.07, 6.45) is 0. The maximum absolute atomic E-state index is 13.4. The van der Waals surface area contributed by atoms with Crippen molar-refractivity contribution in [1.82, 2.24) is 19.8 Å². The van der Waals surface area contributed by atoms with E-state index in [1.54, 1.807) is 23.8 Å². The third-order valence-corrected chi connectivity index (χ3v) is 6.91. The number of amides is 1. The number of hydrogen-bond acceptors (Lipinski definition) is 7. The summed E-state index contributed by atoms with van der Waals surface area (Å²) in [5.74, 6) is 0.677. The molecule has 34 heavy (non-hydrogen) atoms. The molecule has 0 bridgehead atoms. The average Bonchev–Trinajstić information content (AvgIpc) is 2.87. The quantitative estimate of drug-likeness (QED) is 0.390. The number of thioether (sulfide) groups is 1. The number of methoxy groups -OCH3 is 1. The molecule has 8 nitrogen and oxygen atoms in total. The summed E-state index contributed by atoms with van der Waals surface area (Å²) < 4.78 is 12.3. The Kier molecular flexibility index (Phi) is 7.55. The van der Waals surface area contributed by atoms with Crippen molar-refractivity contribution in [3.05, 3.63) is 58.9 Å². The van der Waals surface area contributed by atoms with E-state index in [4.69, 9.17) is 14.5 Å². The van der Waals surface area contributed by atoms with Crippen LogP contribution in [-0.2, 0) is 9.53 Å². The van der Waals surface area contributed by atoms with Crippen LogP contribution in [0.2, 0.25) is 0 Å². The minimum absolute atomic E-state index is 0.106. The van der Waals surface area contributed by atoms with Gasteiger partial charge in [-0.1, -0.05) is 30.0 Å². The number of nitrogens with one attached hydrogen (secondary N) is 1. The Morgan fingerprint density at radius 2 is 1.94 bits per heavy atom. The first-order valence-corrected chi connectivity index (χ1v) is 12.3. The van der Waals surface area contributed by atoms with Crippen LogP contribution in [0.25, 0.3) is 16.6 Å². The van der Waals surface area contributed by atoms with E-state index in [1.165, 1.54) is 11.8 Å². The lowest BCUT2D eigenvalue weighted by Crippen LogP contribution is -2.55. The predicted octanol–water partition coefficient (Wildman–Crippen LogP) is 2.71. The van der Waals surface area contributed by atoms with Crippen molar-refractivity contribution in [3.8, 4) is 11.4 Å². The second kappa shape index (κ2) is 10.6. The van der Waals surface area contributed by atoms with Gasteiger partial charge in [0.15, 0.2) is 5.16 Å². The van der Waals surface area contributed by atoms with Gasteiger partial charge in [0.25, 0.3) is 5.56 Å². The van der Waals surface area contributed by atoms with Crippen molar-refractivity contribution >= 4 is 28.6 Å². The normalized spacial score (nSPS) is 14.8. The van der Waals surface area contributed by atoms with Gasteiger partial charge in [0.2, 0.25) is 5.91 Å². The Balaban J connectivity index is 1.54. The number of ether oxygens (including phenoxy) is 2. The molecule has 1 fully saturated rings. The van der Waals surface area contributed by atoms with E-state index in [2.05, 4.69) is 24.1 Å². The monoisotopic (exact) mass is 482 g/mol. The van der Waals surface area contributed by atoms with Gasteiger partial charge in [-0.2, -0.15) is 0 Å². The maximum atomic E-state index is 13.4. The minimum Gasteiger partial charge on any atom is -0.497 e. The zero-order chi connectivity index (χ0) is 24.1. The number of para-hydroxylation sites is 1. The Bertz CT molecular complexity index is 1220. The topological polar surface area (TPSA) is 85.7 Å². The molecule has 180 valence electrons. The van der Waals surface area contributed by atoms with Crippen LogP contribution >= 0.6 is 11.8 Å². The summed E-state index contributed by atoms with van der Waals surface area (Å²) in [7, 11) is 1.58. The van der Waals surface area contributed by atoms with Gasteiger partial charge in [-0.3, -0.25) is 19.1 Å². The number of carbonyl (C=O) groups excluding carboxylic acids is 1. The van der Waals surface area contributed by atoms with Gasteiger partial charge in [-0.25, -0.2) is 4.98 Å². The summed E-state index contributed by atoms with van der Waals surface area (Å²) >= 11 is 1.24. The van der Waals surface area contributed by atoms with Crippen LogP contribution in [0.4, 0.5) is 0 Å². The molecule has 9 heteroatoms.